The second kappa shape index (κ2) is 8.16. The Hall–Kier alpha value is -2.95. The molecular weight excluding hydrogens is 336 g/mol. The minimum Gasteiger partial charge on any atom is -0.376 e. The third-order valence-corrected chi connectivity index (χ3v) is 5.18. The number of benzene rings is 2. The van der Waals surface area contributed by atoms with Gasteiger partial charge in [-0.05, 0) is 55.2 Å². The molecule has 4 rings (SSSR count). The van der Waals surface area contributed by atoms with Crippen LogP contribution >= 0.6 is 0 Å². The standard InChI is InChI=1S/C22H26N4O/c27-22(23-12-11-17-15-25-21-6-2-1-5-20(17)21)16-24-18-7-9-19(10-8-18)26-13-3-4-14-26/h1-2,5-10,15,24-25H,3-4,11-14,16H2,(H,23,27). The molecule has 5 heteroatoms. The Morgan fingerprint density at radius 1 is 1.04 bits per heavy atom. The Morgan fingerprint density at radius 3 is 2.63 bits per heavy atom. The number of hydrogen-bond donors (Lipinski definition) is 3. The summed E-state index contributed by atoms with van der Waals surface area (Å²) in [5.74, 6) is 0.0125. The van der Waals surface area contributed by atoms with Crippen molar-refractivity contribution in [3.63, 3.8) is 0 Å². The third-order valence-electron chi connectivity index (χ3n) is 5.18. The molecule has 0 unspecified atom stereocenters. The van der Waals surface area contributed by atoms with Crippen molar-refractivity contribution in [2.75, 3.05) is 36.4 Å². The number of aromatic amines is 1. The van der Waals surface area contributed by atoms with Gasteiger partial charge in [0.15, 0.2) is 0 Å². The van der Waals surface area contributed by atoms with E-state index in [1.165, 1.54) is 29.5 Å². The molecule has 2 heterocycles. The number of amides is 1. The highest BCUT2D eigenvalue weighted by molar-refractivity contribution is 5.83. The van der Waals surface area contributed by atoms with Crippen LogP contribution in [0.3, 0.4) is 0 Å². The van der Waals surface area contributed by atoms with E-state index >= 15 is 0 Å². The van der Waals surface area contributed by atoms with Crippen molar-refractivity contribution in [2.45, 2.75) is 19.3 Å². The fourth-order valence-electron chi connectivity index (χ4n) is 3.69. The van der Waals surface area contributed by atoms with Gasteiger partial charge in [0.1, 0.15) is 0 Å². The fourth-order valence-corrected chi connectivity index (χ4v) is 3.69. The Labute approximate surface area is 159 Å². The van der Waals surface area contributed by atoms with Crippen molar-refractivity contribution >= 4 is 28.2 Å². The molecule has 1 aliphatic rings. The lowest BCUT2D eigenvalue weighted by molar-refractivity contribution is -0.119. The van der Waals surface area contributed by atoms with Crippen LogP contribution in [-0.2, 0) is 11.2 Å². The van der Waals surface area contributed by atoms with E-state index in [9.17, 15) is 4.79 Å². The van der Waals surface area contributed by atoms with Gasteiger partial charge < -0.3 is 20.5 Å². The molecule has 0 radical (unpaired) electrons. The number of para-hydroxylation sites is 1. The Balaban J connectivity index is 1.21. The quantitative estimate of drug-likeness (QED) is 0.602. The zero-order chi connectivity index (χ0) is 18.5. The average molecular weight is 362 g/mol. The molecule has 1 fully saturated rings. The van der Waals surface area contributed by atoms with Crippen molar-refractivity contribution in [2.24, 2.45) is 0 Å². The summed E-state index contributed by atoms with van der Waals surface area (Å²) in [5, 5.41) is 7.41. The molecule has 0 atom stereocenters. The van der Waals surface area contributed by atoms with Crippen LogP contribution in [0.4, 0.5) is 11.4 Å². The van der Waals surface area contributed by atoms with Gasteiger partial charge in [0, 0.05) is 48.1 Å². The molecule has 0 spiro atoms. The molecule has 5 nitrogen and oxygen atoms in total. The maximum absolute atomic E-state index is 12.1. The van der Waals surface area contributed by atoms with Crippen molar-refractivity contribution in [1.82, 2.24) is 10.3 Å². The van der Waals surface area contributed by atoms with Gasteiger partial charge in [-0.15, -0.1) is 0 Å². The zero-order valence-corrected chi connectivity index (χ0v) is 15.5. The van der Waals surface area contributed by atoms with E-state index in [1.54, 1.807) is 0 Å². The number of hydrogen-bond acceptors (Lipinski definition) is 3. The molecule has 140 valence electrons. The molecule has 27 heavy (non-hydrogen) atoms. The van der Waals surface area contributed by atoms with E-state index in [2.05, 4.69) is 44.8 Å². The summed E-state index contributed by atoms with van der Waals surface area (Å²) in [6, 6.07) is 16.6. The first-order valence-electron chi connectivity index (χ1n) is 9.70. The van der Waals surface area contributed by atoms with Gasteiger partial charge in [0.05, 0.1) is 6.54 Å². The van der Waals surface area contributed by atoms with Gasteiger partial charge in [-0.3, -0.25) is 4.79 Å². The summed E-state index contributed by atoms with van der Waals surface area (Å²) >= 11 is 0. The molecule has 2 aromatic carbocycles. The van der Waals surface area contributed by atoms with Crippen LogP contribution in [0.15, 0.2) is 54.7 Å². The predicted octanol–water partition coefficient (Wildman–Crippen LogP) is 3.54. The van der Waals surface area contributed by atoms with Gasteiger partial charge >= 0.3 is 0 Å². The van der Waals surface area contributed by atoms with Crippen LogP contribution in [-0.4, -0.2) is 37.1 Å². The second-order valence-corrected chi connectivity index (χ2v) is 7.05. The van der Waals surface area contributed by atoms with E-state index < -0.39 is 0 Å². The number of carbonyl (C=O) groups excluding carboxylic acids is 1. The second-order valence-electron chi connectivity index (χ2n) is 7.05. The van der Waals surface area contributed by atoms with E-state index in [1.807, 2.05) is 30.5 Å². The lowest BCUT2D eigenvalue weighted by Gasteiger charge is -2.18. The fraction of sp³-hybridized carbons (Fsp3) is 0.318. The topological polar surface area (TPSA) is 60.2 Å². The van der Waals surface area contributed by atoms with Gasteiger partial charge in [0.2, 0.25) is 5.91 Å². The van der Waals surface area contributed by atoms with Crippen molar-refractivity contribution in [3.05, 3.63) is 60.3 Å². The summed E-state index contributed by atoms with van der Waals surface area (Å²) in [4.78, 5) is 17.8. The number of fused-ring (bicyclic) bond motifs is 1. The van der Waals surface area contributed by atoms with Crippen LogP contribution in [0.25, 0.3) is 10.9 Å². The summed E-state index contributed by atoms with van der Waals surface area (Å²) in [7, 11) is 0. The van der Waals surface area contributed by atoms with E-state index in [-0.39, 0.29) is 12.5 Å². The highest BCUT2D eigenvalue weighted by Crippen LogP contribution is 2.22. The smallest absolute Gasteiger partial charge is 0.239 e. The van der Waals surface area contributed by atoms with Crippen LogP contribution < -0.4 is 15.5 Å². The lowest BCUT2D eigenvalue weighted by Crippen LogP contribution is -2.31. The maximum atomic E-state index is 12.1. The normalized spacial score (nSPS) is 13.9. The van der Waals surface area contributed by atoms with E-state index in [0.29, 0.717) is 6.54 Å². The Bertz CT molecular complexity index is 894. The Morgan fingerprint density at radius 2 is 1.81 bits per heavy atom. The monoisotopic (exact) mass is 362 g/mol. The first kappa shape index (κ1) is 17.5. The molecule has 0 aliphatic carbocycles. The minimum atomic E-state index is 0.0125. The molecule has 1 saturated heterocycles. The van der Waals surface area contributed by atoms with Crippen molar-refractivity contribution in [3.8, 4) is 0 Å². The van der Waals surface area contributed by atoms with Gasteiger partial charge in [0.25, 0.3) is 0 Å². The molecule has 3 aromatic rings. The molecule has 1 amide bonds. The lowest BCUT2D eigenvalue weighted by atomic mass is 10.1. The van der Waals surface area contributed by atoms with Crippen LogP contribution in [0.5, 0.6) is 0 Å². The number of rotatable bonds is 7. The van der Waals surface area contributed by atoms with Gasteiger partial charge in [-0.2, -0.15) is 0 Å². The van der Waals surface area contributed by atoms with Gasteiger partial charge in [-0.25, -0.2) is 0 Å². The molecule has 0 bridgehead atoms. The largest absolute Gasteiger partial charge is 0.376 e. The van der Waals surface area contributed by atoms with E-state index in [4.69, 9.17) is 0 Å². The predicted molar refractivity (Wildman–Crippen MR) is 111 cm³/mol. The van der Waals surface area contributed by atoms with E-state index in [0.717, 1.165) is 30.7 Å². The number of H-pyrrole nitrogens is 1. The average Bonchev–Trinajstić information content (AvgIpc) is 3.37. The maximum Gasteiger partial charge on any atom is 0.239 e. The first-order valence-corrected chi connectivity index (χ1v) is 9.70. The highest BCUT2D eigenvalue weighted by Gasteiger charge is 2.11. The summed E-state index contributed by atoms with van der Waals surface area (Å²) in [6.07, 6.45) is 5.40. The number of aromatic nitrogens is 1. The molecule has 3 N–H and O–H groups in total. The SMILES string of the molecule is O=C(CNc1ccc(N2CCCC2)cc1)NCCc1c[nH]c2ccccc12. The highest BCUT2D eigenvalue weighted by atomic mass is 16.1. The molecule has 1 aromatic heterocycles. The van der Waals surface area contributed by atoms with Crippen molar-refractivity contribution < 1.29 is 4.79 Å². The molecule has 0 saturated carbocycles. The Kier molecular flexibility index (Phi) is 5.28. The molecule has 1 aliphatic heterocycles. The minimum absolute atomic E-state index is 0.0125. The summed E-state index contributed by atoms with van der Waals surface area (Å²) in [5.41, 5.74) is 4.61. The van der Waals surface area contributed by atoms with Crippen LogP contribution in [0.2, 0.25) is 0 Å². The van der Waals surface area contributed by atoms with Crippen LogP contribution in [0.1, 0.15) is 18.4 Å². The number of carbonyl (C=O) groups is 1. The number of anilines is 2. The summed E-state index contributed by atoms with van der Waals surface area (Å²) in [6.45, 7) is 3.21. The van der Waals surface area contributed by atoms with Crippen LogP contribution in [0, 0.1) is 0 Å². The summed E-state index contributed by atoms with van der Waals surface area (Å²) < 4.78 is 0. The first-order chi connectivity index (χ1) is 13.3. The molecular formula is C22H26N4O. The number of nitrogens with zero attached hydrogens (tertiary/aromatic N) is 1. The number of nitrogens with one attached hydrogen (secondary N) is 3. The van der Waals surface area contributed by atoms with Crippen molar-refractivity contribution in [1.29, 1.82) is 0 Å². The zero-order valence-electron chi connectivity index (χ0n) is 15.5. The van der Waals surface area contributed by atoms with Gasteiger partial charge in [-0.1, -0.05) is 18.2 Å². The third kappa shape index (κ3) is 4.25.